The van der Waals surface area contributed by atoms with Crippen molar-refractivity contribution in [1.82, 2.24) is 0 Å². The number of allylic oxidation sites excluding steroid dienone is 1. The van der Waals surface area contributed by atoms with Gasteiger partial charge in [-0.1, -0.05) is 25.5 Å². The quantitative estimate of drug-likeness (QED) is 0.593. The van der Waals surface area contributed by atoms with E-state index < -0.39 is 11.9 Å². The predicted octanol–water partition coefficient (Wildman–Crippen LogP) is 3.27. The van der Waals surface area contributed by atoms with E-state index in [0.717, 1.165) is 44.9 Å². The van der Waals surface area contributed by atoms with E-state index in [2.05, 4.69) is 19.9 Å². The van der Waals surface area contributed by atoms with Gasteiger partial charge in [-0.15, -0.1) is 0 Å². The van der Waals surface area contributed by atoms with E-state index in [1.807, 2.05) is 0 Å². The summed E-state index contributed by atoms with van der Waals surface area (Å²) >= 11 is 0. The summed E-state index contributed by atoms with van der Waals surface area (Å²) in [7, 11) is 3.35. The minimum atomic E-state index is -0.879. The highest BCUT2D eigenvalue weighted by molar-refractivity contribution is 5.26. The Labute approximate surface area is 151 Å². The van der Waals surface area contributed by atoms with E-state index in [9.17, 15) is 10.2 Å². The highest BCUT2D eigenvalue weighted by atomic mass is 16.7. The molecule has 7 atom stereocenters. The van der Waals surface area contributed by atoms with Crippen LogP contribution in [0.2, 0.25) is 0 Å². The number of hydrogen-bond donors (Lipinski definition) is 2. The molecule has 4 heteroatoms. The number of aliphatic hydroxyl groups excluding tert-OH is 2. The van der Waals surface area contributed by atoms with E-state index >= 15 is 0 Å². The molecule has 0 saturated heterocycles. The molecular weight excluding hydrogens is 316 g/mol. The standard InChI is InChI=1S/C21H34O4/c1-19-9-7-14(22)11-13(19)5-6-15-16(19)8-10-20(2)17(15)12-18(23)21(20,24-3)25-4/h5,14-18,22-23H,6-12H2,1-4H3. The van der Waals surface area contributed by atoms with Crippen molar-refractivity contribution in [3.63, 3.8) is 0 Å². The molecule has 4 rings (SSSR count). The lowest BCUT2D eigenvalue weighted by Crippen LogP contribution is -2.58. The van der Waals surface area contributed by atoms with Gasteiger partial charge in [0.25, 0.3) is 0 Å². The summed E-state index contributed by atoms with van der Waals surface area (Å²) in [6.07, 6.45) is 8.57. The van der Waals surface area contributed by atoms with Crippen LogP contribution in [0, 0.1) is 28.6 Å². The van der Waals surface area contributed by atoms with E-state index in [-0.39, 0.29) is 16.9 Å². The normalized spacial score (nSPS) is 51.3. The minimum Gasteiger partial charge on any atom is -0.393 e. The highest BCUT2D eigenvalue weighted by Gasteiger charge is 2.68. The monoisotopic (exact) mass is 350 g/mol. The summed E-state index contributed by atoms with van der Waals surface area (Å²) in [5.41, 5.74) is 1.56. The summed E-state index contributed by atoms with van der Waals surface area (Å²) in [6.45, 7) is 4.69. The first-order valence-electron chi connectivity index (χ1n) is 9.98. The summed E-state index contributed by atoms with van der Waals surface area (Å²) in [5.74, 6) is 0.762. The van der Waals surface area contributed by atoms with Gasteiger partial charge in [-0.3, -0.25) is 0 Å². The Morgan fingerprint density at radius 3 is 2.44 bits per heavy atom. The lowest BCUT2D eigenvalue weighted by molar-refractivity contribution is -0.306. The molecule has 4 aliphatic rings. The van der Waals surface area contributed by atoms with E-state index in [0.29, 0.717) is 17.8 Å². The third kappa shape index (κ3) is 2.14. The van der Waals surface area contributed by atoms with Crippen molar-refractivity contribution in [2.75, 3.05) is 14.2 Å². The fraction of sp³-hybridized carbons (Fsp3) is 0.905. The maximum absolute atomic E-state index is 10.9. The molecule has 0 spiro atoms. The van der Waals surface area contributed by atoms with Crippen LogP contribution >= 0.6 is 0 Å². The first-order chi connectivity index (χ1) is 11.8. The molecular formula is C21H34O4. The minimum absolute atomic E-state index is 0.146. The summed E-state index contributed by atoms with van der Waals surface area (Å²) < 4.78 is 11.7. The van der Waals surface area contributed by atoms with Gasteiger partial charge in [0.2, 0.25) is 0 Å². The molecule has 0 heterocycles. The Bertz CT molecular complexity index is 568. The van der Waals surface area contributed by atoms with E-state index in [1.165, 1.54) is 5.57 Å². The molecule has 3 fully saturated rings. The molecule has 25 heavy (non-hydrogen) atoms. The van der Waals surface area contributed by atoms with Gasteiger partial charge < -0.3 is 19.7 Å². The Kier molecular flexibility index (Phi) is 4.16. The maximum Gasteiger partial charge on any atom is 0.199 e. The Morgan fingerprint density at radius 1 is 1.04 bits per heavy atom. The average molecular weight is 350 g/mol. The van der Waals surface area contributed by atoms with E-state index in [4.69, 9.17) is 9.47 Å². The van der Waals surface area contributed by atoms with Crippen molar-refractivity contribution in [2.24, 2.45) is 28.6 Å². The fourth-order valence-corrected chi connectivity index (χ4v) is 7.43. The van der Waals surface area contributed by atoms with Gasteiger partial charge in [-0.05, 0) is 68.1 Å². The van der Waals surface area contributed by atoms with Crippen molar-refractivity contribution in [1.29, 1.82) is 0 Å². The zero-order chi connectivity index (χ0) is 18.0. The van der Waals surface area contributed by atoms with Crippen LogP contribution in [0.1, 0.15) is 58.8 Å². The van der Waals surface area contributed by atoms with Crippen LogP contribution in [0.4, 0.5) is 0 Å². The molecule has 7 unspecified atom stereocenters. The lowest BCUT2D eigenvalue weighted by atomic mass is 9.47. The molecule has 2 N–H and O–H groups in total. The molecule has 142 valence electrons. The van der Waals surface area contributed by atoms with Gasteiger partial charge in [0.05, 0.1) is 6.10 Å². The van der Waals surface area contributed by atoms with Gasteiger partial charge in [0.15, 0.2) is 5.79 Å². The number of ether oxygens (including phenoxy) is 2. The molecule has 0 aliphatic heterocycles. The maximum atomic E-state index is 10.9. The molecule has 0 bridgehead atoms. The first-order valence-corrected chi connectivity index (χ1v) is 9.98. The van der Waals surface area contributed by atoms with Gasteiger partial charge in [0.1, 0.15) is 6.10 Å². The van der Waals surface area contributed by atoms with Crippen LogP contribution < -0.4 is 0 Å². The fourth-order valence-electron chi connectivity index (χ4n) is 7.43. The van der Waals surface area contributed by atoms with Crippen molar-refractivity contribution in [3.05, 3.63) is 11.6 Å². The largest absolute Gasteiger partial charge is 0.393 e. The number of fused-ring (bicyclic) bond motifs is 5. The molecule has 0 aromatic heterocycles. The molecule has 0 aromatic carbocycles. The lowest BCUT2D eigenvalue weighted by Gasteiger charge is -2.58. The molecule has 0 aromatic rings. The summed E-state index contributed by atoms with van der Waals surface area (Å²) in [5, 5.41) is 21.0. The number of rotatable bonds is 2. The third-order valence-corrected chi connectivity index (χ3v) is 8.79. The summed E-state index contributed by atoms with van der Waals surface area (Å²) in [4.78, 5) is 0. The Balaban J connectivity index is 1.70. The Morgan fingerprint density at radius 2 is 1.76 bits per heavy atom. The average Bonchev–Trinajstić information content (AvgIpc) is 2.82. The van der Waals surface area contributed by atoms with Gasteiger partial charge in [-0.25, -0.2) is 0 Å². The van der Waals surface area contributed by atoms with Crippen molar-refractivity contribution in [3.8, 4) is 0 Å². The van der Waals surface area contributed by atoms with Gasteiger partial charge in [-0.2, -0.15) is 0 Å². The highest BCUT2D eigenvalue weighted by Crippen LogP contribution is 2.67. The van der Waals surface area contributed by atoms with Gasteiger partial charge >= 0.3 is 0 Å². The third-order valence-electron chi connectivity index (χ3n) is 8.79. The predicted molar refractivity (Wildman–Crippen MR) is 95.8 cm³/mol. The van der Waals surface area contributed by atoms with E-state index in [1.54, 1.807) is 14.2 Å². The van der Waals surface area contributed by atoms with Crippen LogP contribution in [0.5, 0.6) is 0 Å². The second-order valence-electron chi connectivity index (χ2n) is 9.44. The Hall–Kier alpha value is -0.420. The van der Waals surface area contributed by atoms with Crippen LogP contribution in [-0.2, 0) is 9.47 Å². The molecule has 4 nitrogen and oxygen atoms in total. The SMILES string of the molecule is COC1(OC)C(O)CC2C3CC=C4CC(O)CCC4(C)C3CCC21C. The second-order valence-corrected chi connectivity index (χ2v) is 9.44. The topological polar surface area (TPSA) is 58.9 Å². The molecule has 4 aliphatic carbocycles. The number of hydrogen-bond acceptors (Lipinski definition) is 4. The summed E-state index contributed by atoms with van der Waals surface area (Å²) in [6, 6.07) is 0. The van der Waals surface area contributed by atoms with Crippen LogP contribution in [0.15, 0.2) is 11.6 Å². The van der Waals surface area contributed by atoms with Crippen molar-refractivity contribution < 1.29 is 19.7 Å². The van der Waals surface area contributed by atoms with Crippen molar-refractivity contribution in [2.45, 2.75) is 76.8 Å². The van der Waals surface area contributed by atoms with Crippen LogP contribution in [0.25, 0.3) is 0 Å². The van der Waals surface area contributed by atoms with Gasteiger partial charge in [0, 0.05) is 19.6 Å². The molecule has 0 amide bonds. The zero-order valence-electron chi connectivity index (χ0n) is 16.1. The van der Waals surface area contributed by atoms with Crippen LogP contribution in [-0.4, -0.2) is 42.4 Å². The number of aliphatic hydroxyl groups is 2. The zero-order valence-corrected chi connectivity index (χ0v) is 16.1. The number of methoxy groups -OCH3 is 2. The van der Waals surface area contributed by atoms with Crippen LogP contribution in [0.3, 0.4) is 0 Å². The van der Waals surface area contributed by atoms with Crippen molar-refractivity contribution >= 4 is 0 Å². The smallest absolute Gasteiger partial charge is 0.199 e. The molecule has 0 radical (unpaired) electrons. The molecule has 3 saturated carbocycles. The second kappa shape index (κ2) is 5.79. The first kappa shape index (κ1) is 18.0.